The minimum absolute atomic E-state index is 0.308. The van der Waals surface area contributed by atoms with E-state index in [0.29, 0.717) is 24.5 Å². The fourth-order valence-electron chi connectivity index (χ4n) is 1.34. The van der Waals surface area contributed by atoms with Gasteiger partial charge in [0.05, 0.1) is 24.1 Å². The molecular weight excluding hydrogens is 209 g/mol. The topological polar surface area (TPSA) is 68.8 Å². The Bertz CT molecular complexity index is 454. The van der Waals surface area contributed by atoms with Crippen LogP contribution in [0.5, 0.6) is 0 Å². The van der Waals surface area contributed by atoms with Crippen LogP contribution < -0.4 is 11.1 Å². The lowest BCUT2D eigenvalue weighted by Gasteiger charge is -2.08. The molecule has 0 spiro atoms. The highest BCUT2D eigenvalue weighted by molar-refractivity contribution is 5.65. The fourth-order valence-corrected chi connectivity index (χ4v) is 1.34. The first-order valence-corrected chi connectivity index (χ1v) is 4.89. The van der Waals surface area contributed by atoms with Crippen LogP contribution in [0.25, 0.3) is 0 Å². The zero-order valence-electron chi connectivity index (χ0n) is 8.60. The molecule has 1 aromatic carbocycles. The van der Waals surface area contributed by atoms with Crippen LogP contribution in [0.2, 0.25) is 0 Å². The van der Waals surface area contributed by atoms with Crippen molar-refractivity contribution in [1.29, 1.82) is 0 Å². The Morgan fingerprint density at radius 3 is 3.06 bits per heavy atom. The maximum absolute atomic E-state index is 12.9. The summed E-state index contributed by atoms with van der Waals surface area (Å²) >= 11 is 0. The standard InChI is InChI=1S/C10H12FN5/c11-8-1-2-9(12)10(7-8)13-3-5-16-6-4-14-15-16/h1-2,4,6-7,13H,3,5,12H2. The summed E-state index contributed by atoms with van der Waals surface area (Å²) in [5.41, 5.74) is 6.81. The number of nitrogens with zero attached hydrogens (tertiary/aromatic N) is 3. The van der Waals surface area contributed by atoms with Crippen molar-refractivity contribution in [2.24, 2.45) is 0 Å². The Hall–Kier alpha value is -2.11. The van der Waals surface area contributed by atoms with Crippen molar-refractivity contribution in [3.63, 3.8) is 0 Å². The number of nitrogens with two attached hydrogens (primary N) is 1. The van der Waals surface area contributed by atoms with Crippen molar-refractivity contribution in [1.82, 2.24) is 15.0 Å². The normalized spacial score (nSPS) is 10.3. The SMILES string of the molecule is Nc1ccc(F)cc1NCCn1ccnn1. The molecule has 0 amide bonds. The molecule has 0 aliphatic rings. The van der Waals surface area contributed by atoms with Gasteiger partial charge in [0.2, 0.25) is 0 Å². The van der Waals surface area contributed by atoms with Gasteiger partial charge in [0.15, 0.2) is 0 Å². The minimum Gasteiger partial charge on any atom is -0.397 e. The second-order valence-corrected chi connectivity index (χ2v) is 3.32. The Balaban J connectivity index is 1.92. The molecule has 0 aliphatic heterocycles. The highest BCUT2D eigenvalue weighted by Crippen LogP contribution is 2.18. The number of hydrogen-bond acceptors (Lipinski definition) is 4. The third-order valence-corrected chi connectivity index (χ3v) is 2.14. The van der Waals surface area contributed by atoms with E-state index in [0.717, 1.165) is 0 Å². The summed E-state index contributed by atoms with van der Waals surface area (Å²) in [6.07, 6.45) is 3.37. The van der Waals surface area contributed by atoms with Gasteiger partial charge in [0.1, 0.15) is 5.82 Å². The number of anilines is 2. The molecule has 6 heteroatoms. The number of rotatable bonds is 4. The van der Waals surface area contributed by atoms with Crippen LogP contribution in [0.15, 0.2) is 30.6 Å². The predicted molar refractivity (Wildman–Crippen MR) is 59.3 cm³/mol. The molecule has 5 nitrogen and oxygen atoms in total. The van der Waals surface area contributed by atoms with Crippen molar-refractivity contribution < 1.29 is 4.39 Å². The maximum atomic E-state index is 12.9. The molecule has 0 saturated carbocycles. The molecule has 16 heavy (non-hydrogen) atoms. The molecule has 84 valence electrons. The summed E-state index contributed by atoms with van der Waals surface area (Å²) in [6.45, 7) is 1.26. The Labute approximate surface area is 92.1 Å². The Kier molecular flexibility index (Phi) is 3.00. The third kappa shape index (κ3) is 2.47. The van der Waals surface area contributed by atoms with Gasteiger partial charge in [-0.2, -0.15) is 0 Å². The average Bonchev–Trinajstić information content (AvgIpc) is 2.76. The first kappa shape index (κ1) is 10.4. The first-order chi connectivity index (χ1) is 7.75. The van der Waals surface area contributed by atoms with Gasteiger partial charge in [0, 0.05) is 12.7 Å². The monoisotopic (exact) mass is 221 g/mol. The molecule has 2 rings (SSSR count). The Morgan fingerprint density at radius 1 is 1.44 bits per heavy atom. The van der Waals surface area contributed by atoms with E-state index in [9.17, 15) is 4.39 Å². The summed E-state index contributed by atoms with van der Waals surface area (Å²) in [6, 6.07) is 4.24. The largest absolute Gasteiger partial charge is 0.397 e. The Morgan fingerprint density at radius 2 is 2.31 bits per heavy atom. The average molecular weight is 221 g/mol. The summed E-state index contributed by atoms with van der Waals surface area (Å²) in [5.74, 6) is -0.308. The lowest BCUT2D eigenvalue weighted by Crippen LogP contribution is -2.12. The second-order valence-electron chi connectivity index (χ2n) is 3.32. The number of aromatic nitrogens is 3. The van der Waals surface area contributed by atoms with Gasteiger partial charge in [-0.25, -0.2) is 4.39 Å². The molecule has 0 atom stereocenters. The van der Waals surface area contributed by atoms with Crippen LogP contribution in [-0.2, 0) is 6.54 Å². The third-order valence-electron chi connectivity index (χ3n) is 2.14. The van der Waals surface area contributed by atoms with E-state index >= 15 is 0 Å². The number of nitrogens with one attached hydrogen (secondary N) is 1. The van der Waals surface area contributed by atoms with E-state index in [1.54, 1.807) is 17.1 Å². The quantitative estimate of drug-likeness (QED) is 0.759. The molecule has 0 bridgehead atoms. The summed E-state index contributed by atoms with van der Waals surface area (Å²) < 4.78 is 14.6. The van der Waals surface area contributed by atoms with Crippen molar-refractivity contribution in [2.75, 3.05) is 17.6 Å². The van der Waals surface area contributed by atoms with E-state index in [4.69, 9.17) is 5.73 Å². The lowest BCUT2D eigenvalue weighted by atomic mass is 10.2. The summed E-state index contributed by atoms with van der Waals surface area (Å²) in [7, 11) is 0. The number of benzene rings is 1. The molecule has 2 aromatic rings. The number of nitrogen functional groups attached to an aromatic ring is 1. The fraction of sp³-hybridized carbons (Fsp3) is 0.200. The van der Waals surface area contributed by atoms with Gasteiger partial charge in [-0.05, 0) is 18.2 Å². The zero-order valence-corrected chi connectivity index (χ0v) is 8.60. The molecule has 0 radical (unpaired) electrons. The first-order valence-electron chi connectivity index (χ1n) is 4.89. The highest BCUT2D eigenvalue weighted by Gasteiger charge is 2.00. The number of halogens is 1. The van der Waals surface area contributed by atoms with E-state index in [1.807, 2.05) is 0 Å². The van der Waals surface area contributed by atoms with E-state index in [2.05, 4.69) is 15.6 Å². The molecule has 1 aromatic heterocycles. The molecule has 0 unspecified atom stereocenters. The van der Waals surface area contributed by atoms with Crippen molar-refractivity contribution >= 4 is 11.4 Å². The van der Waals surface area contributed by atoms with Gasteiger partial charge in [0.25, 0.3) is 0 Å². The van der Waals surface area contributed by atoms with Crippen molar-refractivity contribution in [2.45, 2.75) is 6.54 Å². The van der Waals surface area contributed by atoms with E-state index in [-0.39, 0.29) is 5.82 Å². The van der Waals surface area contributed by atoms with Crippen molar-refractivity contribution in [3.8, 4) is 0 Å². The minimum atomic E-state index is -0.308. The summed E-state index contributed by atoms with van der Waals surface area (Å²) in [5, 5.41) is 10.5. The smallest absolute Gasteiger partial charge is 0.125 e. The van der Waals surface area contributed by atoms with Gasteiger partial charge < -0.3 is 11.1 Å². The predicted octanol–water partition coefficient (Wildman–Crippen LogP) is 1.11. The molecule has 0 aliphatic carbocycles. The summed E-state index contributed by atoms with van der Waals surface area (Å²) in [4.78, 5) is 0. The second kappa shape index (κ2) is 4.61. The molecular formula is C10H12FN5. The molecule has 3 N–H and O–H groups in total. The van der Waals surface area contributed by atoms with Crippen LogP contribution in [0, 0.1) is 5.82 Å². The van der Waals surface area contributed by atoms with Crippen LogP contribution in [-0.4, -0.2) is 21.5 Å². The zero-order chi connectivity index (χ0) is 11.4. The van der Waals surface area contributed by atoms with Crippen molar-refractivity contribution in [3.05, 3.63) is 36.4 Å². The number of hydrogen-bond donors (Lipinski definition) is 2. The van der Waals surface area contributed by atoms with Gasteiger partial charge in [-0.1, -0.05) is 5.21 Å². The van der Waals surface area contributed by atoms with Crippen LogP contribution in [0.4, 0.5) is 15.8 Å². The van der Waals surface area contributed by atoms with E-state index in [1.165, 1.54) is 18.2 Å². The van der Waals surface area contributed by atoms with Crippen LogP contribution in [0.1, 0.15) is 0 Å². The van der Waals surface area contributed by atoms with Gasteiger partial charge >= 0.3 is 0 Å². The molecule has 0 fully saturated rings. The molecule has 1 heterocycles. The highest BCUT2D eigenvalue weighted by atomic mass is 19.1. The van der Waals surface area contributed by atoms with Crippen LogP contribution in [0.3, 0.4) is 0 Å². The van der Waals surface area contributed by atoms with E-state index < -0.39 is 0 Å². The van der Waals surface area contributed by atoms with Gasteiger partial charge in [-0.15, -0.1) is 5.10 Å². The van der Waals surface area contributed by atoms with Gasteiger partial charge in [-0.3, -0.25) is 4.68 Å². The molecule has 0 saturated heterocycles. The van der Waals surface area contributed by atoms with Crippen LogP contribution >= 0.6 is 0 Å². The lowest BCUT2D eigenvalue weighted by molar-refractivity contribution is 0.607. The maximum Gasteiger partial charge on any atom is 0.125 e.